The average molecular weight is 494 g/mol. The zero-order chi connectivity index (χ0) is 24.0. The van der Waals surface area contributed by atoms with Crippen molar-refractivity contribution in [2.45, 2.75) is 16.0 Å². The summed E-state index contributed by atoms with van der Waals surface area (Å²) in [5.74, 6) is -0.430. The van der Waals surface area contributed by atoms with Crippen LogP contribution in [0, 0.1) is 0 Å². The number of rotatable bonds is 4. The number of H-pyrrole nitrogens is 1. The van der Waals surface area contributed by atoms with E-state index in [4.69, 9.17) is 17.3 Å². The highest BCUT2D eigenvalue weighted by molar-refractivity contribution is 7.92. The summed E-state index contributed by atoms with van der Waals surface area (Å²) in [4.78, 5) is 15.2. The third-order valence-corrected chi connectivity index (χ3v) is 6.99. The molecule has 0 atom stereocenters. The van der Waals surface area contributed by atoms with Crippen LogP contribution in [0.3, 0.4) is 0 Å². The molecule has 0 spiro atoms. The van der Waals surface area contributed by atoms with Crippen LogP contribution in [0.25, 0.3) is 10.9 Å². The Morgan fingerprint density at radius 2 is 1.61 bits per heavy atom. The third kappa shape index (κ3) is 4.03. The van der Waals surface area contributed by atoms with Crippen molar-refractivity contribution in [3.05, 3.63) is 83.4 Å². The quantitative estimate of drug-likeness (QED) is 0.371. The van der Waals surface area contributed by atoms with E-state index in [1.54, 1.807) is 6.07 Å². The van der Waals surface area contributed by atoms with Gasteiger partial charge in [0.1, 0.15) is 10.7 Å². The van der Waals surface area contributed by atoms with Gasteiger partial charge in [0.05, 0.1) is 16.1 Å². The average Bonchev–Trinajstić information content (AvgIpc) is 3.12. The second kappa shape index (κ2) is 8.13. The van der Waals surface area contributed by atoms with Gasteiger partial charge in [0.15, 0.2) is 0 Å². The number of amides is 2. The maximum atomic E-state index is 13.7. The zero-order valence-corrected chi connectivity index (χ0v) is 18.2. The Labute approximate surface area is 191 Å². The smallest absolute Gasteiger partial charge is 0.351 e. The third-order valence-electron chi connectivity index (χ3n) is 4.91. The number of urea groups is 1. The molecule has 6 nitrogen and oxygen atoms in total. The summed E-state index contributed by atoms with van der Waals surface area (Å²) >= 11 is 6.08. The molecular weight excluding hydrogens is 479 g/mol. The first-order valence-corrected chi connectivity index (χ1v) is 11.2. The van der Waals surface area contributed by atoms with E-state index in [0.717, 1.165) is 18.2 Å². The summed E-state index contributed by atoms with van der Waals surface area (Å²) in [6.07, 6.45) is -4.84. The van der Waals surface area contributed by atoms with Crippen LogP contribution in [0.5, 0.6) is 0 Å². The van der Waals surface area contributed by atoms with Crippen molar-refractivity contribution < 1.29 is 26.4 Å². The van der Waals surface area contributed by atoms with Gasteiger partial charge in [-0.3, -0.25) is 0 Å². The number of primary amides is 1. The number of halogens is 4. The molecule has 11 heteroatoms. The van der Waals surface area contributed by atoms with E-state index >= 15 is 0 Å². The Morgan fingerprint density at radius 3 is 2.24 bits per heavy atom. The summed E-state index contributed by atoms with van der Waals surface area (Å²) in [6.45, 7) is 0. The maximum Gasteiger partial charge on any atom is 0.418 e. The Bertz CT molecular complexity index is 1470. The predicted octanol–water partition coefficient (Wildman–Crippen LogP) is 5.89. The summed E-state index contributed by atoms with van der Waals surface area (Å²) in [5.41, 5.74) is 3.94. The molecule has 2 amide bonds. The number of sulfone groups is 1. The van der Waals surface area contributed by atoms with Gasteiger partial charge in [0.25, 0.3) is 0 Å². The van der Waals surface area contributed by atoms with Crippen molar-refractivity contribution in [2.75, 3.05) is 4.90 Å². The van der Waals surface area contributed by atoms with Gasteiger partial charge < -0.3 is 10.7 Å². The highest BCUT2D eigenvalue weighted by Gasteiger charge is 2.38. The van der Waals surface area contributed by atoms with E-state index in [0.29, 0.717) is 4.90 Å². The molecule has 1 aromatic heterocycles. The van der Waals surface area contributed by atoms with Crippen LogP contribution in [-0.4, -0.2) is 19.4 Å². The minimum absolute atomic E-state index is 0.0945. The van der Waals surface area contributed by atoms with E-state index in [9.17, 15) is 26.4 Å². The normalized spacial score (nSPS) is 12.1. The molecule has 3 aromatic carbocycles. The molecule has 0 unspecified atom stereocenters. The van der Waals surface area contributed by atoms with E-state index in [1.165, 1.54) is 48.5 Å². The molecule has 0 fully saturated rings. The van der Waals surface area contributed by atoms with Gasteiger partial charge in [-0.25, -0.2) is 18.1 Å². The number of nitrogens with zero attached hydrogens (tertiary/aromatic N) is 1. The van der Waals surface area contributed by atoms with Crippen LogP contribution in [0.2, 0.25) is 5.02 Å². The maximum absolute atomic E-state index is 13.7. The van der Waals surface area contributed by atoms with Crippen LogP contribution < -0.4 is 10.6 Å². The predicted molar refractivity (Wildman–Crippen MR) is 118 cm³/mol. The van der Waals surface area contributed by atoms with Crippen molar-refractivity contribution in [1.82, 2.24) is 4.98 Å². The lowest BCUT2D eigenvalue weighted by Gasteiger charge is -2.24. The van der Waals surface area contributed by atoms with Gasteiger partial charge in [0.2, 0.25) is 9.84 Å². The largest absolute Gasteiger partial charge is 0.418 e. The molecule has 4 rings (SSSR count). The highest BCUT2D eigenvalue weighted by atomic mass is 35.5. The summed E-state index contributed by atoms with van der Waals surface area (Å²) in [5, 5.41) is 0.288. The molecule has 0 aliphatic rings. The number of para-hydroxylation sites is 1. The van der Waals surface area contributed by atoms with Crippen molar-refractivity contribution >= 4 is 49.9 Å². The molecule has 0 bridgehead atoms. The molecule has 0 aliphatic heterocycles. The minimum atomic E-state index is -4.84. The van der Waals surface area contributed by atoms with Crippen molar-refractivity contribution in [2.24, 2.45) is 5.73 Å². The van der Waals surface area contributed by atoms with Crippen molar-refractivity contribution in [3.63, 3.8) is 0 Å². The van der Waals surface area contributed by atoms with Crippen molar-refractivity contribution in [3.8, 4) is 0 Å². The number of carbonyl (C=O) groups excluding carboxylic acids is 1. The van der Waals surface area contributed by atoms with Crippen LogP contribution in [-0.2, 0) is 16.0 Å². The Kier molecular flexibility index (Phi) is 5.59. The number of alkyl halides is 3. The minimum Gasteiger partial charge on any atom is -0.351 e. The number of aromatic amines is 1. The number of fused-ring (bicyclic) bond motifs is 1. The first-order valence-electron chi connectivity index (χ1n) is 9.39. The topological polar surface area (TPSA) is 96.3 Å². The fourth-order valence-corrected chi connectivity index (χ4v) is 5.31. The summed E-state index contributed by atoms with van der Waals surface area (Å²) < 4.78 is 68.4. The molecule has 4 aromatic rings. The number of hydrogen-bond donors (Lipinski definition) is 2. The fraction of sp³-hybridized carbons (Fsp3) is 0.0455. The van der Waals surface area contributed by atoms with Gasteiger partial charge in [-0.05, 0) is 42.5 Å². The first-order chi connectivity index (χ1) is 15.5. The van der Waals surface area contributed by atoms with Crippen LogP contribution >= 0.6 is 11.6 Å². The van der Waals surface area contributed by atoms with Gasteiger partial charge in [0, 0.05) is 15.9 Å². The van der Waals surface area contributed by atoms with E-state index in [2.05, 4.69) is 4.98 Å². The van der Waals surface area contributed by atoms with Crippen LogP contribution in [0.1, 0.15) is 5.56 Å². The van der Waals surface area contributed by atoms with E-state index in [1.807, 2.05) is 0 Å². The fourth-order valence-electron chi connectivity index (χ4n) is 3.53. The number of anilines is 2. The van der Waals surface area contributed by atoms with E-state index < -0.39 is 44.0 Å². The number of aromatic nitrogens is 1. The molecule has 0 aliphatic carbocycles. The summed E-state index contributed by atoms with van der Waals surface area (Å²) in [6, 6.07) is 14.5. The number of benzene rings is 3. The van der Waals surface area contributed by atoms with Crippen molar-refractivity contribution in [1.29, 1.82) is 0 Å². The SMILES string of the molecule is NC(=O)N(c1ccccc1C(F)(F)F)c1[nH]c2ccc(Cl)cc2c1S(=O)(=O)c1ccccc1. The van der Waals surface area contributed by atoms with Gasteiger partial charge in [-0.1, -0.05) is 41.9 Å². The Hall–Kier alpha value is -3.50. The number of nitrogens with two attached hydrogens (primary N) is 1. The van der Waals surface area contributed by atoms with Crippen LogP contribution in [0.4, 0.5) is 29.5 Å². The van der Waals surface area contributed by atoms with Gasteiger partial charge >= 0.3 is 12.2 Å². The molecule has 0 saturated heterocycles. The van der Waals surface area contributed by atoms with Crippen LogP contribution in [0.15, 0.2) is 82.6 Å². The second-order valence-corrected chi connectivity index (χ2v) is 9.32. The lowest BCUT2D eigenvalue weighted by molar-refractivity contribution is -0.137. The number of hydrogen-bond acceptors (Lipinski definition) is 3. The summed E-state index contributed by atoms with van der Waals surface area (Å²) in [7, 11) is -4.33. The lowest BCUT2D eigenvalue weighted by Crippen LogP contribution is -2.34. The molecular formula is C22H15ClF3N3O3S. The standard InChI is InChI=1S/C22H15ClF3N3O3S/c23-13-10-11-17-15(12-13)19(33(31,32)14-6-2-1-3-7-14)20(28-17)29(21(27)30)18-9-5-4-8-16(18)22(24,25)26/h1-12,28H,(H2,27,30). The van der Waals surface area contributed by atoms with Gasteiger partial charge in [-0.15, -0.1) is 0 Å². The van der Waals surface area contributed by atoms with Gasteiger partial charge in [-0.2, -0.15) is 13.2 Å². The number of carbonyl (C=O) groups is 1. The highest BCUT2D eigenvalue weighted by Crippen LogP contribution is 2.44. The molecule has 170 valence electrons. The molecule has 1 heterocycles. The Balaban J connectivity index is 2.10. The first kappa shape index (κ1) is 22.7. The molecule has 0 radical (unpaired) electrons. The second-order valence-electron chi connectivity index (χ2n) is 7.00. The molecule has 0 saturated carbocycles. The number of nitrogens with one attached hydrogen (secondary N) is 1. The zero-order valence-electron chi connectivity index (χ0n) is 16.6. The molecule has 33 heavy (non-hydrogen) atoms. The monoisotopic (exact) mass is 493 g/mol. The van der Waals surface area contributed by atoms with E-state index in [-0.39, 0.29) is 20.8 Å². The lowest BCUT2D eigenvalue weighted by atomic mass is 10.1. The molecule has 3 N–H and O–H groups in total. The Morgan fingerprint density at radius 1 is 0.970 bits per heavy atom.